The van der Waals surface area contributed by atoms with Gasteiger partial charge in [0.05, 0.1) is 13.0 Å². The van der Waals surface area contributed by atoms with E-state index in [0.29, 0.717) is 17.8 Å². The molecule has 2 fully saturated rings. The van der Waals surface area contributed by atoms with Gasteiger partial charge in [0.25, 0.3) is 0 Å². The van der Waals surface area contributed by atoms with Crippen LogP contribution in [0.3, 0.4) is 0 Å². The number of allylic oxidation sites excluding steroid dienone is 2. The Hall–Kier alpha value is -0.790. The van der Waals surface area contributed by atoms with E-state index in [-0.39, 0.29) is 11.9 Å². The van der Waals surface area contributed by atoms with Gasteiger partial charge in [-0.15, -0.1) is 0 Å². The second-order valence-corrected chi connectivity index (χ2v) is 4.49. The largest absolute Gasteiger partial charge is 0.469 e. The van der Waals surface area contributed by atoms with Gasteiger partial charge in [0.1, 0.15) is 0 Å². The average molecular weight is 178 g/mol. The van der Waals surface area contributed by atoms with Crippen LogP contribution in [0.15, 0.2) is 12.2 Å². The number of esters is 1. The van der Waals surface area contributed by atoms with Crippen LogP contribution in [0.5, 0.6) is 0 Å². The fourth-order valence-electron chi connectivity index (χ4n) is 3.78. The Balaban J connectivity index is 1.93. The predicted molar refractivity (Wildman–Crippen MR) is 47.8 cm³/mol. The number of hydrogen-bond acceptors (Lipinski definition) is 2. The minimum atomic E-state index is 0.0200. The molecule has 0 heterocycles. The van der Waals surface area contributed by atoms with Gasteiger partial charge in [-0.25, -0.2) is 0 Å². The second-order valence-electron chi connectivity index (χ2n) is 4.49. The van der Waals surface area contributed by atoms with Gasteiger partial charge in [-0.05, 0) is 36.5 Å². The minimum absolute atomic E-state index is 0.0200. The van der Waals surface area contributed by atoms with Gasteiger partial charge in [0.15, 0.2) is 0 Å². The van der Waals surface area contributed by atoms with Crippen LogP contribution in [0.4, 0.5) is 0 Å². The Kier molecular flexibility index (Phi) is 1.38. The first-order chi connectivity index (χ1) is 6.33. The Morgan fingerprint density at radius 1 is 1.23 bits per heavy atom. The molecule has 3 aliphatic rings. The Labute approximate surface area is 78.0 Å². The molecule has 3 aliphatic carbocycles. The van der Waals surface area contributed by atoms with Crippen molar-refractivity contribution in [1.29, 1.82) is 0 Å². The molecular weight excluding hydrogens is 164 g/mol. The number of ether oxygens (including phenoxy) is 1. The zero-order valence-electron chi connectivity index (χ0n) is 7.77. The van der Waals surface area contributed by atoms with Crippen LogP contribution in [0.1, 0.15) is 12.8 Å². The highest BCUT2D eigenvalue weighted by molar-refractivity contribution is 5.74. The molecule has 0 N–H and O–H groups in total. The van der Waals surface area contributed by atoms with Crippen LogP contribution < -0.4 is 0 Å². The molecule has 0 radical (unpaired) electrons. The van der Waals surface area contributed by atoms with Gasteiger partial charge >= 0.3 is 5.97 Å². The number of carbonyl (C=O) groups excluding carboxylic acids is 1. The third kappa shape index (κ3) is 0.767. The van der Waals surface area contributed by atoms with E-state index in [2.05, 4.69) is 12.2 Å². The third-order valence-corrected chi connectivity index (χ3v) is 4.22. The second kappa shape index (κ2) is 2.37. The van der Waals surface area contributed by atoms with Gasteiger partial charge in [-0.1, -0.05) is 12.2 Å². The van der Waals surface area contributed by atoms with Crippen LogP contribution in [0, 0.1) is 29.6 Å². The van der Waals surface area contributed by atoms with Crippen LogP contribution in [-0.4, -0.2) is 13.1 Å². The van der Waals surface area contributed by atoms with Gasteiger partial charge in [0, 0.05) is 0 Å². The lowest BCUT2D eigenvalue weighted by Crippen LogP contribution is -2.30. The average Bonchev–Trinajstić information content (AvgIpc) is 2.80. The molecule has 0 amide bonds. The topological polar surface area (TPSA) is 26.3 Å². The summed E-state index contributed by atoms with van der Waals surface area (Å²) >= 11 is 0. The molecule has 0 aromatic carbocycles. The first-order valence-electron chi connectivity index (χ1n) is 5.09. The number of carbonyl (C=O) groups is 1. The van der Waals surface area contributed by atoms with Crippen LogP contribution in [0.2, 0.25) is 0 Å². The van der Waals surface area contributed by atoms with E-state index in [9.17, 15) is 4.79 Å². The minimum Gasteiger partial charge on any atom is -0.469 e. The molecular formula is C11H14O2. The van der Waals surface area contributed by atoms with Crippen molar-refractivity contribution in [2.45, 2.75) is 12.8 Å². The predicted octanol–water partition coefficient (Wildman–Crippen LogP) is 1.62. The highest BCUT2D eigenvalue weighted by Gasteiger charge is 2.58. The summed E-state index contributed by atoms with van der Waals surface area (Å²) in [6, 6.07) is 0. The van der Waals surface area contributed by atoms with E-state index in [1.54, 1.807) is 0 Å². The number of methoxy groups -OCH3 is 1. The smallest absolute Gasteiger partial charge is 0.309 e. The van der Waals surface area contributed by atoms with Crippen LogP contribution in [-0.2, 0) is 9.53 Å². The highest BCUT2D eigenvalue weighted by Crippen LogP contribution is 2.60. The quantitative estimate of drug-likeness (QED) is 0.450. The summed E-state index contributed by atoms with van der Waals surface area (Å²) in [6.07, 6.45) is 7.12. The maximum Gasteiger partial charge on any atom is 0.309 e. The van der Waals surface area contributed by atoms with Gasteiger partial charge in [-0.2, -0.15) is 0 Å². The van der Waals surface area contributed by atoms with Crippen molar-refractivity contribution in [3.8, 4) is 0 Å². The lowest BCUT2D eigenvalue weighted by atomic mass is 9.78. The van der Waals surface area contributed by atoms with E-state index in [4.69, 9.17) is 4.74 Å². The molecule has 0 saturated heterocycles. The zero-order valence-corrected chi connectivity index (χ0v) is 7.77. The summed E-state index contributed by atoms with van der Waals surface area (Å²) in [4.78, 5) is 11.5. The van der Waals surface area contributed by atoms with Crippen molar-refractivity contribution in [2.24, 2.45) is 29.6 Å². The standard InChI is InChI=1S/C11H14O2/c1-13-11(12)10-8-4-2-6-7(8)3-5-9(6)10/h2,4,6-10H,3,5H2,1H3/t6-,7+,8+,9-,10-/m0/s1. The molecule has 2 heteroatoms. The highest BCUT2D eigenvalue weighted by atomic mass is 16.5. The normalized spacial score (nSPS) is 50.1. The maximum absolute atomic E-state index is 11.5. The molecule has 3 rings (SSSR count). The van der Waals surface area contributed by atoms with Crippen molar-refractivity contribution in [3.05, 3.63) is 12.2 Å². The Morgan fingerprint density at radius 2 is 1.92 bits per heavy atom. The SMILES string of the molecule is COC(=O)[C@H]1[C@@H]2C=C[C@H]3[C@H]2CC[C@@H]31. The van der Waals surface area contributed by atoms with Crippen molar-refractivity contribution >= 4 is 5.97 Å². The summed E-state index contributed by atoms with van der Waals surface area (Å²) in [6.45, 7) is 0. The Bertz CT molecular complexity index is 282. The number of rotatable bonds is 1. The fraction of sp³-hybridized carbons (Fsp3) is 0.727. The van der Waals surface area contributed by atoms with Crippen molar-refractivity contribution < 1.29 is 9.53 Å². The molecule has 13 heavy (non-hydrogen) atoms. The van der Waals surface area contributed by atoms with Gasteiger partial charge < -0.3 is 4.74 Å². The fourth-order valence-corrected chi connectivity index (χ4v) is 3.78. The first kappa shape index (κ1) is 7.60. The summed E-state index contributed by atoms with van der Waals surface area (Å²) in [5.74, 6) is 2.80. The first-order valence-corrected chi connectivity index (χ1v) is 5.09. The number of hydrogen-bond donors (Lipinski definition) is 0. The molecule has 70 valence electrons. The lowest BCUT2D eigenvalue weighted by Gasteiger charge is -2.27. The van der Waals surface area contributed by atoms with Gasteiger partial charge in [-0.3, -0.25) is 4.79 Å². The molecule has 0 unspecified atom stereocenters. The summed E-state index contributed by atoms with van der Waals surface area (Å²) in [5.41, 5.74) is 0. The van der Waals surface area contributed by atoms with E-state index in [1.807, 2.05) is 0 Å². The van der Waals surface area contributed by atoms with E-state index in [1.165, 1.54) is 20.0 Å². The zero-order chi connectivity index (χ0) is 9.00. The van der Waals surface area contributed by atoms with Crippen LogP contribution in [0.25, 0.3) is 0 Å². The molecule has 0 aromatic rings. The van der Waals surface area contributed by atoms with Crippen LogP contribution >= 0.6 is 0 Å². The molecule has 2 nitrogen and oxygen atoms in total. The molecule has 0 spiro atoms. The lowest BCUT2D eigenvalue weighted by molar-refractivity contribution is -0.148. The molecule has 0 aromatic heterocycles. The summed E-state index contributed by atoms with van der Waals surface area (Å²) in [7, 11) is 1.51. The molecule has 0 aliphatic heterocycles. The molecule has 4 bridgehead atoms. The van der Waals surface area contributed by atoms with E-state index < -0.39 is 0 Å². The molecule has 2 saturated carbocycles. The van der Waals surface area contributed by atoms with Gasteiger partial charge in [0.2, 0.25) is 0 Å². The van der Waals surface area contributed by atoms with E-state index >= 15 is 0 Å². The van der Waals surface area contributed by atoms with Crippen molar-refractivity contribution in [3.63, 3.8) is 0 Å². The van der Waals surface area contributed by atoms with Crippen molar-refractivity contribution in [2.75, 3.05) is 7.11 Å². The Morgan fingerprint density at radius 3 is 2.54 bits per heavy atom. The maximum atomic E-state index is 11.5. The summed E-state index contributed by atoms with van der Waals surface area (Å²) in [5, 5.41) is 0. The third-order valence-electron chi connectivity index (χ3n) is 4.22. The van der Waals surface area contributed by atoms with Crippen molar-refractivity contribution in [1.82, 2.24) is 0 Å². The molecule has 5 atom stereocenters. The summed E-state index contributed by atoms with van der Waals surface area (Å²) < 4.78 is 4.87. The van der Waals surface area contributed by atoms with E-state index in [0.717, 1.165) is 5.92 Å². The monoisotopic (exact) mass is 178 g/mol.